The fourth-order valence-electron chi connectivity index (χ4n) is 2.17. The summed E-state index contributed by atoms with van der Waals surface area (Å²) in [6, 6.07) is 11.7. The van der Waals surface area contributed by atoms with Crippen molar-refractivity contribution < 1.29 is 22.8 Å². The Balaban J connectivity index is 2.58. The average Bonchev–Trinajstić information content (AvgIpc) is 2.46. The van der Waals surface area contributed by atoms with E-state index in [-0.39, 0.29) is 12.2 Å². The topological polar surface area (TPSA) is 29.5 Å². The predicted molar refractivity (Wildman–Crippen MR) is 76.1 cm³/mol. The lowest BCUT2D eigenvalue weighted by atomic mass is 9.74. The summed E-state index contributed by atoms with van der Waals surface area (Å²) in [7, 11) is -1.26. The van der Waals surface area contributed by atoms with Crippen molar-refractivity contribution in [2.75, 3.05) is 6.61 Å². The molecule has 0 bridgehead atoms. The van der Waals surface area contributed by atoms with Crippen LogP contribution in [0, 0.1) is 0 Å². The third-order valence-electron chi connectivity index (χ3n) is 3.07. The highest BCUT2D eigenvalue weighted by molar-refractivity contribution is 6.61. The van der Waals surface area contributed by atoms with Gasteiger partial charge in [0.1, 0.15) is 0 Å². The zero-order chi connectivity index (χ0) is 15.5. The molecule has 2 rings (SSSR count). The molecule has 0 aromatic heterocycles. The highest BCUT2D eigenvalue weighted by Gasteiger charge is 2.34. The highest BCUT2D eigenvalue weighted by atomic mass is 19.4. The molecule has 0 unspecified atom stereocenters. The van der Waals surface area contributed by atoms with Crippen LogP contribution < -0.4 is 5.46 Å². The summed E-state index contributed by atoms with van der Waals surface area (Å²) >= 11 is 0. The Bertz CT molecular complexity index is 614. The third kappa shape index (κ3) is 3.46. The maximum atomic E-state index is 13.1. The number of rotatable bonds is 4. The Kier molecular flexibility index (Phi) is 4.70. The van der Waals surface area contributed by atoms with Gasteiger partial charge in [-0.25, -0.2) is 0 Å². The van der Waals surface area contributed by atoms with E-state index in [4.69, 9.17) is 4.65 Å². The minimum Gasteiger partial charge on any atom is -0.423 e. The zero-order valence-corrected chi connectivity index (χ0v) is 11.4. The van der Waals surface area contributed by atoms with Crippen molar-refractivity contribution in [3.05, 3.63) is 54.1 Å². The molecule has 0 saturated heterocycles. The summed E-state index contributed by atoms with van der Waals surface area (Å²) in [6.07, 6.45) is -4.46. The first-order valence-corrected chi connectivity index (χ1v) is 6.50. The molecule has 0 fully saturated rings. The molecule has 2 aromatic carbocycles. The van der Waals surface area contributed by atoms with Crippen molar-refractivity contribution in [1.29, 1.82) is 0 Å². The molecule has 0 amide bonds. The van der Waals surface area contributed by atoms with Gasteiger partial charge in [-0.05, 0) is 29.6 Å². The standard InChI is InChI=1S/C15H14BF3O2/c1-2-21-16(20)14-10-6-4-8-12(14)11-7-3-5-9-13(11)15(17,18)19/h3-10,20H,2H2,1H3. The molecule has 2 nitrogen and oxygen atoms in total. The van der Waals surface area contributed by atoms with E-state index in [0.717, 1.165) is 6.07 Å². The van der Waals surface area contributed by atoms with Gasteiger partial charge in [-0.3, -0.25) is 0 Å². The summed E-state index contributed by atoms with van der Waals surface area (Å²) < 4.78 is 44.5. The van der Waals surface area contributed by atoms with Crippen molar-refractivity contribution in [3.63, 3.8) is 0 Å². The second-order valence-electron chi connectivity index (χ2n) is 4.44. The monoisotopic (exact) mass is 294 g/mol. The lowest BCUT2D eigenvalue weighted by Gasteiger charge is -2.16. The van der Waals surface area contributed by atoms with Gasteiger partial charge in [0.25, 0.3) is 0 Å². The largest absolute Gasteiger partial charge is 0.491 e. The van der Waals surface area contributed by atoms with Gasteiger partial charge in [0.2, 0.25) is 0 Å². The van der Waals surface area contributed by atoms with Gasteiger partial charge < -0.3 is 9.68 Å². The second-order valence-corrected chi connectivity index (χ2v) is 4.44. The van der Waals surface area contributed by atoms with Gasteiger partial charge in [0.15, 0.2) is 0 Å². The number of alkyl halides is 3. The first-order chi connectivity index (χ1) is 9.95. The van der Waals surface area contributed by atoms with Gasteiger partial charge in [-0.1, -0.05) is 42.5 Å². The fourth-order valence-corrected chi connectivity index (χ4v) is 2.17. The Morgan fingerprint density at radius 1 is 1.00 bits per heavy atom. The molecule has 0 saturated carbocycles. The minimum absolute atomic E-state index is 0.0272. The summed E-state index contributed by atoms with van der Waals surface area (Å²) in [5, 5.41) is 9.95. The van der Waals surface area contributed by atoms with E-state index in [0.29, 0.717) is 11.0 Å². The maximum Gasteiger partial charge on any atom is 0.491 e. The molecule has 1 N–H and O–H groups in total. The third-order valence-corrected chi connectivity index (χ3v) is 3.07. The second kappa shape index (κ2) is 6.32. The van der Waals surface area contributed by atoms with Crippen molar-refractivity contribution in [2.24, 2.45) is 0 Å². The van der Waals surface area contributed by atoms with E-state index < -0.39 is 18.9 Å². The molecule has 2 aromatic rings. The minimum atomic E-state index is -4.46. The van der Waals surface area contributed by atoms with Gasteiger partial charge in [-0.2, -0.15) is 13.2 Å². The van der Waals surface area contributed by atoms with Crippen LogP contribution in [0.2, 0.25) is 0 Å². The summed E-state index contributed by atoms with van der Waals surface area (Å²) in [6.45, 7) is 1.96. The number of halogens is 3. The number of hydrogen-bond donors (Lipinski definition) is 1. The molecule has 0 radical (unpaired) electrons. The smallest absolute Gasteiger partial charge is 0.423 e. The van der Waals surface area contributed by atoms with Crippen molar-refractivity contribution in [2.45, 2.75) is 13.1 Å². The molecule has 0 aliphatic rings. The molecule has 0 heterocycles. The summed E-state index contributed by atoms with van der Waals surface area (Å²) in [5.41, 5.74) is -0.0806. The molecule has 0 spiro atoms. The lowest BCUT2D eigenvalue weighted by molar-refractivity contribution is -0.137. The molecule has 6 heteroatoms. The van der Waals surface area contributed by atoms with Crippen LogP contribution in [0.5, 0.6) is 0 Å². The van der Waals surface area contributed by atoms with Crippen molar-refractivity contribution >= 4 is 12.6 Å². The quantitative estimate of drug-likeness (QED) is 0.878. The SMILES string of the molecule is CCOB(O)c1ccccc1-c1ccccc1C(F)(F)F. The highest BCUT2D eigenvalue weighted by Crippen LogP contribution is 2.36. The zero-order valence-electron chi connectivity index (χ0n) is 11.4. The van der Waals surface area contributed by atoms with Gasteiger partial charge in [0, 0.05) is 6.61 Å². The molecule has 0 aliphatic carbocycles. The first-order valence-electron chi connectivity index (χ1n) is 6.50. The molecule has 0 atom stereocenters. The lowest BCUT2D eigenvalue weighted by Crippen LogP contribution is -2.35. The number of hydrogen-bond acceptors (Lipinski definition) is 2. The Morgan fingerprint density at radius 3 is 2.19 bits per heavy atom. The van der Waals surface area contributed by atoms with Crippen LogP contribution in [0.3, 0.4) is 0 Å². The van der Waals surface area contributed by atoms with Crippen LogP contribution in [0.25, 0.3) is 11.1 Å². The Hall–Kier alpha value is -1.79. The van der Waals surface area contributed by atoms with E-state index in [1.54, 1.807) is 31.2 Å². The van der Waals surface area contributed by atoms with Crippen LogP contribution in [-0.2, 0) is 10.8 Å². The van der Waals surface area contributed by atoms with Crippen molar-refractivity contribution in [1.82, 2.24) is 0 Å². The molecule has 21 heavy (non-hydrogen) atoms. The van der Waals surface area contributed by atoms with E-state index in [1.165, 1.54) is 18.2 Å². The normalized spacial score (nSPS) is 11.5. The van der Waals surface area contributed by atoms with Gasteiger partial charge >= 0.3 is 13.3 Å². The first kappa shape index (κ1) is 15.6. The Labute approximate surface area is 121 Å². The predicted octanol–water partition coefficient (Wildman–Crippen LogP) is 3.10. The molecule has 0 aliphatic heterocycles. The van der Waals surface area contributed by atoms with E-state index in [9.17, 15) is 18.2 Å². The van der Waals surface area contributed by atoms with Crippen LogP contribution in [-0.4, -0.2) is 18.7 Å². The van der Waals surface area contributed by atoms with E-state index in [1.807, 2.05) is 0 Å². The molecular weight excluding hydrogens is 280 g/mol. The van der Waals surface area contributed by atoms with E-state index in [2.05, 4.69) is 0 Å². The molecule has 110 valence electrons. The maximum absolute atomic E-state index is 13.1. The van der Waals surface area contributed by atoms with Crippen LogP contribution in [0.1, 0.15) is 12.5 Å². The van der Waals surface area contributed by atoms with Crippen LogP contribution >= 0.6 is 0 Å². The van der Waals surface area contributed by atoms with Crippen LogP contribution in [0.15, 0.2) is 48.5 Å². The van der Waals surface area contributed by atoms with Gasteiger partial charge in [-0.15, -0.1) is 0 Å². The summed E-state index contributed by atoms with van der Waals surface area (Å²) in [4.78, 5) is 0. The fraction of sp³-hybridized carbons (Fsp3) is 0.200. The number of benzene rings is 2. The summed E-state index contributed by atoms with van der Waals surface area (Å²) in [5.74, 6) is 0. The van der Waals surface area contributed by atoms with Crippen LogP contribution in [0.4, 0.5) is 13.2 Å². The van der Waals surface area contributed by atoms with Gasteiger partial charge in [0.05, 0.1) is 5.56 Å². The average molecular weight is 294 g/mol. The molecular formula is C15H14BF3O2. The Morgan fingerprint density at radius 2 is 1.57 bits per heavy atom. The van der Waals surface area contributed by atoms with Crippen molar-refractivity contribution in [3.8, 4) is 11.1 Å². The van der Waals surface area contributed by atoms with E-state index >= 15 is 0 Å².